The van der Waals surface area contributed by atoms with Gasteiger partial charge in [-0.2, -0.15) is 0 Å². The van der Waals surface area contributed by atoms with Crippen LogP contribution in [-0.2, 0) is 4.74 Å². The lowest BCUT2D eigenvalue weighted by Crippen LogP contribution is -2.10. The molecule has 0 saturated carbocycles. The van der Waals surface area contributed by atoms with Gasteiger partial charge in [0.15, 0.2) is 0 Å². The molecule has 0 aromatic heterocycles. The molecule has 0 fully saturated rings. The number of halogens is 3. The van der Waals surface area contributed by atoms with Crippen LogP contribution >= 0.6 is 33.2 Å². The van der Waals surface area contributed by atoms with Crippen LogP contribution in [0.1, 0.15) is 19.8 Å². The second-order valence-electron chi connectivity index (χ2n) is 2.33. The zero-order chi connectivity index (χ0) is 8.74. The topological polar surface area (TPSA) is 9.23 Å². The van der Waals surface area contributed by atoms with Gasteiger partial charge in [0.1, 0.15) is 0 Å². The molecule has 0 aliphatic heterocycles. The summed E-state index contributed by atoms with van der Waals surface area (Å²) in [6.45, 7) is 3.60. The quantitative estimate of drug-likeness (QED) is 0.389. The predicted octanol–water partition coefficient (Wildman–Crippen LogP) is 3.46. The molecule has 0 N–H and O–H groups in total. The van der Waals surface area contributed by atoms with Gasteiger partial charge in [0, 0.05) is 13.2 Å². The average molecular weight is 236 g/mol. The fourth-order valence-electron chi connectivity index (χ4n) is 0.621. The molecule has 0 bridgehead atoms. The van der Waals surface area contributed by atoms with Gasteiger partial charge in [-0.05, 0) is 18.9 Å². The normalized spacial score (nSPS) is 12.0. The van der Waals surface area contributed by atoms with Crippen molar-refractivity contribution < 1.29 is 4.74 Å². The van der Waals surface area contributed by atoms with Gasteiger partial charge in [0.05, 0.1) is 0 Å². The Balaban J connectivity index is 3.02. The van der Waals surface area contributed by atoms with E-state index in [9.17, 15) is 0 Å². The van der Waals surface area contributed by atoms with Crippen molar-refractivity contribution in [1.29, 1.82) is 0 Å². The highest BCUT2D eigenvalue weighted by atomic mass is 35.8. The minimum Gasteiger partial charge on any atom is -0.381 e. The predicted molar refractivity (Wildman–Crippen MR) is 53.8 cm³/mol. The van der Waals surface area contributed by atoms with Crippen LogP contribution in [0.5, 0.6) is 0 Å². The lowest BCUT2D eigenvalue weighted by molar-refractivity contribution is 0.135. The summed E-state index contributed by atoms with van der Waals surface area (Å²) in [5.41, 5.74) is 0. The van der Waals surface area contributed by atoms with Crippen LogP contribution in [0.2, 0.25) is 6.04 Å². The van der Waals surface area contributed by atoms with Crippen LogP contribution in [0.25, 0.3) is 0 Å². The van der Waals surface area contributed by atoms with Crippen molar-refractivity contribution in [3.63, 3.8) is 0 Å². The highest BCUT2D eigenvalue weighted by molar-refractivity contribution is 7.64. The Hall–Kier alpha value is 1.05. The Bertz CT molecular complexity index is 94.3. The van der Waals surface area contributed by atoms with E-state index in [0.717, 1.165) is 26.1 Å². The van der Waals surface area contributed by atoms with E-state index in [1.54, 1.807) is 0 Å². The minimum atomic E-state index is -2.38. The van der Waals surface area contributed by atoms with E-state index in [-0.39, 0.29) is 0 Å². The molecule has 0 aromatic carbocycles. The van der Waals surface area contributed by atoms with E-state index in [2.05, 4.69) is 6.92 Å². The van der Waals surface area contributed by atoms with E-state index < -0.39 is 6.00 Å². The summed E-state index contributed by atoms with van der Waals surface area (Å²) in [6.07, 6.45) is 1.91. The van der Waals surface area contributed by atoms with Crippen molar-refractivity contribution in [2.45, 2.75) is 25.8 Å². The third kappa shape index (κ3) is 11.0. The van der Waals surface area contributed by atoms with E-state index >= 15 is 0 Å². The lowest BCUT2D eigenvalue weighted by atomic mass is 10.5. The first kappa shape index (κ1) is 12.0. The van der Waals surface area contributed by atoms with Crippen molar-refractivity contribution >= 4 is 39.2 Å². The first-order valence-corrected chi connectivity index (χ1v) is 8.95. The monoisotopic (exact) mass is 234 g/mol. The SMILES string of the molecule is CCCOCCC[Si](Cl)(Cl)Cl. The van der Waals surface area contributed by atoms with Crippen LogP contribution in [0.15, 0.2) is 0 Å². The molecule has 0 spiro atoms. The van der Waals surface area contributed by atoms with E-state index in [0.29, 0.717) is 6.04 Å². The van der Waals surface area contributed by atoms with E-state index in [1.807, 2.05) is 0 Å². The summed E-state index contributed by atoms with van der Waals surface area (Å²) < 4.78 is 5.22. The van der Waals surface area contributed by atoms with Gasteiger partial charge in [-0.25, -0.2) is 0 Å². The molecule has 0 aromatic rings. The second kappa shape index (κ2) is 6.55. The first-order valence-electron chi connectivity index (χ1n) is 3.70. The Morgan fingerprint density at radius 2 is 1.82 bits per heavy atom. The summed E-state index contributed by atoms with van der Waals surface area (Å²) >= 11 is 17.0. The fourth-order valence-corrected chi connectivity index (χ4v) is 2.37. The van der Waals surface area contributed by atoms with Crippen molar-refractivity contribution in [3.05, 3.63) is 0 Å². The van der Waals surface area contributed by atoms with Gasteiger partial charge in [-0.1, -0.05) is 6.92 Å². The average Bonchev–Trinajstić information content (AvgIpc) is 1.85. The molecule has 5 heteroatoms. The lowest BCUT2D eigenvalue weighted by Gasteiger charge is -2.06. The largest absolute Gasteiger partial charge is 0.381 e. The number of hydrogen-bond acceptors (Lipinski definition) is 1. The Labute approximate surface area is 83.1 Å². The molecule has 0 heterocycles. The molecule has 0 rings (SSSR count). The van der Waals surface area contributed by atoms with Crippen molar-refractivity contribution in [1.82, 2.24) is 0 Å². The summed E-state index contributed by atoms with van der Waals surface area (Å²) in [7, 11) is 0. The zero-order valence-electron chi connectivity index (χ0n) is 6.58. The molecule has 0 amide bonds. The maximum Gasteiger partial charge on any atom is 0.341 e. The van der Waals surface area contributed by atoms with Crippen LogP contribution in [0, 0.1) is 0 Å². The van der Waals surface area contributed by atoms with Crippen LogP contribution in [0.3, 0.4) is 0 Å². The molecule has 11 heavy (non-hydrogen) atoms. The molecule has 0 aliphatic rings. The third-order valence-corrected chi connectivity index (χ3v) is 3.72. The van der Waals surface area contributed by atoms with Crippen molar-refractivity contribution in [2.75, 3.05) is 13.2 Å². The molecule has 0 unspecified atom stereocenters. The van der Waals surface area contributed by atoms with Crippen molar-refractivity contribution in [3.8, 4) is 0 Å². The Kier molecular flexibility index (Phi) is 7.17. The van der Waals surface area contributed by atoms with Gasteiger partial charge in [0.25, 0.3) is 0 Å². The van der Waals surface area contributed by atoms with Gasteiger partial charge in [-0.3, -0.25) is 0 Å². The fraction of sp³-hybridized carbons (Fsp3) is 1.00. The molecule has 1 nitrogen and oxygen atoms in total. The molecule has 0 atom stereocenters. The second-order valence-corrected chi connectivity index (χ2v) is 11.6. The number of rotatable bonds is 6. The van der Waals surface area contributed by atoms with E-state index in [4.69, 9.17) is 38.0 Å². The number of hydrogen-bond donors (Lipinski definition) is 0. The zero-order valence-corrected chi connectivity index (χ0v) is 9.85. The van der Waals surface area contributed by atoms with Crippen LogP contribution in [0.4, 0.5) is 0 Å². The maximum atomic E-state index is 5.66. The first-order chi connectivity index (χ1) is 5.06. The third-order valence-electron chi connectivity index (χ3n) is 1.10. The van der Waals surface area contributed by atoms with Gasteiger partial charge in [-0.15, -0.1) is 33.2 Å². The van der Waals surface area contributed by atoms with E-state index in [1.165, 1.54) is 0 Å². The molecular weight excluding hydrogens is 223 g/mol. The van der Waals surface area contributed by atoms with Crippen molar-refractivity contribution in [2.24, 2.45) is 0 Å². The standard InChI is InChI=1S/C6H13Cl3OSi/c1-2-4-10-5-3-6-11(7,8)9/h2-6H2,1H3. The summed E-state index contributed by atoms with van der Waals surface area (Å²) in [5, 5.41) is 0. The highest BCUT2D eigenvalue weighted by Crippen LogP contribution is 2.26. The molecule has 0 saturated heterocycles. The smallest absolute Gasteiger partial charge is 0.341 e. The molecular formula is C6H13Cl3OSi. The summed E-state index contributed by atoms with van der Waals surface area (Å²) in [6, 6.07) is -1.68. The van der Waals surface area contributed by atoms with Gasteiger partial charge < -0.3 is 4.74 Å². The number of ether oxygens (including phenoxy) is 1. The summed E-state index contributed by atoms with van der Waals surface area (Å²) in [4.78, 5) is 0. The Morgan fingerprint density at radius 1 is 1.18 bits per heavy atom. The Morgan fingerprint density at radius 3 is 2.27 bits per heavy atom. The van der Waals surface area contributed by atoms with Crippen LogP contribution in [-0.4, -0.2) is 19.2 Å². The van der Waals surface area contributed by atoms with Crippen LogP contribution < -0.4 is 0 Å². The minimum absolute atomic E-state index is 0.696. The maximum absolute atomic E-state index is 5.66. The van der Waals surface area contributed by atoms with Gasteiger partial charge in [0.2, 0.25) is 0 Å². The molecule has 68 valence electrons. The molecule has 0 aliphatic carbocycles. The van der Waals surface area contributed by atoms with Gasteiger partial charge >= 0.3 is 6.00 Å². The highest BCUT2D eigenvalue weighted by Gasteiger charge is 2.23. The molecule has 0 radical (unpaired) electrons. The summed E-state index contributed by atoms with van der Waals surface area (Å²) in [5.74, 6) is 0.